The first-order chi connectivity index (χ1) is 17.2. The van der Waals surface area contributed by atoms with Crippen molar-refractivity contribution in [1.29, 1.82) is 0 Å². The molecule has 1 aliphatic heterocycles. The van der Waals surface area contributed by atoms with Crippen LogP contribution in [0.1, 0.15) is 16.0 Å². The van der Waals surface area contributed by atoms with Crippen molar-refractivity contribution >= 4 is 45.2 Å². The molecule has 4 heterocycles. The summed E-state index contributed by atoms with van der Waals surface area (Å²) in [7, 11) is 2.15. The number of hydrazone groups is 1. The smallest absolute Gasteiger partial charge is 0.158 e. The Balaban J connectivity index is 1.35. The van der Waals surface area contributed by atoms with Crippen molar-refractivity contribution in [3.8, 4) is 16.9 Å². The first kappa shape index (κ1) is 21.9. The van der Waals surface area contributed by atoms with E-state index in [0.717, 1.165) is 58.1 Å². The van der Waals surface area contributed by atoms with E-state index in [0.29, 0.717) is 5.02 Å². The number of aromatic nitrogens is 4. The van der Waals surface area contributed by atoms with Gasteiger partial charge in [-0.3, -0.25) is 5.43 Å². The second-order valence-corrected chi connectivity index (χ2v) is 10.0. The number of likely N-dealkylation sites (N-methyl/N-ethyl adjacent to an activating group) is 1. The molecule has 0 bridgehead atoms. The van der Waals surface area contributed by atoms with Crippen LogP contribution in [-0.4, -0.2) is 44.5 Å². The molecule has 174 valence electrons. The predicted octanol–water partition coefficient (Wildman–Crippen LogP) is 5.63. The monoisotopic (exact) mass is 499 g/mol. The van der Waals surface area contributed by atoms with Crippen molar-refractivity contribution in [2.24, 2.45) is 5.10 Å². The average Bonchev–Trinajstić information content (AvgIpc) is 3.47. The first-order valence-electron chi connectivity index (χ1n) is 11.3. The molecule has 5 aromatic rings. The van der Waals surface area contributed by atoms with E-state index < -0.39 is 0 Å². The summed E-state index contributed by atoms with van der Waals surface area (Å²) in [5.74, 6) is 0.733. The van der Waals surface area contributed by atoms with Crippen molar-refractivity contribution in [3.05, 3.63) is 88.1 Å². The van der Waals surface area contributed by atoms with Crippen molar-refractivity contribution in [1.82, 2.24) is 24.6 Å². The highest BCUT2D eigenvalue weighted by molar-refractivity contribution is 7.19. The maximum atomic E-state index is 6.11. The summed E-state index contributed by atoms with van der Waals surface area (Å²) in [6.45, 7) is 1.97. The van der Waals surface area contributed by atoms with E-state index >= 15 is 0 Å². The van der Waals surface area contributed by atoms with Gasteiger partial charge in [0.05, 0.1) is 17.3 Å². The highest BCUT2D eigenvalue weighted by atomic mass is 35.5. The van der Waals surface area contributed by atoms with E-state index in [2.05, 4.69) is 32.4 Å². The van der Waals surface area contributed by atoms with Gasteiger partial charge in [0, 0.05) is 40.3 Å². The molecule has 2 aromatic carbocycles. The van der Waals surface area contributed by atoms with E-state index in [1.807, 2.05) is 65.5 Å². The lowest BCUT2D eigenvalue weighted by Gasteiger charge is -2.22. The lowest BCUT2D eigenvalue weighted by Crippen LogP contribution is -2.25. The first-order valence-corrected chi connectivity index (χ1v) is 12.5. The van der Waals surface area contributed by atoms with Gasteiger partial charge < -0.3 is 4.90 Å². The summed E-state index contributed by atoms with van der Waals surface area (Å²) in [6.07, 6.45) is 6.35. The summed E-state index contributed by atoms with van der Waals surface area (Å²) in [6, 6.07) is 17.7. The lowest BCUT2D eigenvalue weighted by atomic mass is 10.1. The number of rotatable bonds is 5. The topological polar surface area (TPSA) is 71.2 Å². The molecule has 0 fully saturated rings. The van der Waals surface area contributed by atoms with Gasteiger partial charge in [-0.2, -0.15) is 10.2 Å². The second kappa shape index (κ2) is 9.22. The van der Waals surface area contributed by atoms with Gasteiger partial charge in [0.25, 0.3) is 0 Å². The molecule has 7 nitrogen and oxygen atoms in total. The highest BCUT2D eigenvalue weighted by Gasteiger charge is 2.22. The van der Waals surface area contributed by atoms with Gasteiger partial charge in [0.15, 0.2) is 5.82 Å². The number of hydrogen-bond donors (Lipinski definition) is 1. The summed E-state index contributed by atoms with van der Waals surface area (Å²) in [5.41, 5.74) is 8.14. The van der Waals surface area contributed by atoms with Gasteiger partial charge in [-0.1, -0.05) is 41.9 Å². The van der Waals surface area contributed by atoms with E-state index in [-0.39, 0.29) is 0 Å². The number of anilines is 1. The quantitative estimate of drug-likeness (QED) is 0.250. The minimum absolute atomic E-state index is 0.686. The zero-order valence-electron chi connectivity index (χ0n) is 19.0. The average molecular weight is 500 g/mol. The molecule has 1 N–H and O–H groups in total. The van der Waals surface area contributed by atoms with Crippen molar-refractivity contribution in [2.45, 2.75) is 13.0 Å². The van der Waals surface area contributed by atoms with Crippen LogP contribution in [0.4, 0.5) is 5.82 Å². The SMILES string of the molecule is CN1CCc2c(sc3ncnc(N/N=C/c4cn(-c5ccccc5)nc4-c4ccc(Cl)cc4)c23)C1. The molecule has 9 heteroatoms. The van der Waals surface area contributed by atoms with E-state index in [9.17, 15) is 0 Å². The van der Waals surface area contributed by atoms with Gasteiger partial charge in [0.2, 0.25) is 0 Å². The standard InChI is InChI=1S/C26H22ClN7S/c1-33-12-11-21-22(15-33)35-26-23(21)25(28-16-29-26)31-30-13-18-14-34(20-5-3-2-4-6-20)32-24(18)17-7-9-19(27)10-8-17/h2-10,13-14,16H,11-12,15H2,1H3,(H,28,29,31)/b30-13+. The molecule has 0 amide bonds. The molecule has 35 heavy (non-hydrogen) atoms. The number of nitrogens with zero attached hydrogens (tertiary/aromatic N) is 6. The van der Waals surface area contributed by atoms with E-state index in [4.69, 9.17) is 16.7 Å². The number of hydrogen-bond acceptors (Lipinski definition) is 7. The highest BCUT2D eigenvalue weighted by Crippen LogP contribution is 2.36. The van der Waals surface area contributed by atoms with Gasteiger partial charge >= 0.3 is 0 Å². The van der Waals surface area contributed by atoms with Crippen LogP contribution in [0.3, 0.4) is 0 Å². The number of para-hydroxylation sites is 1. The Morgan fingerprint density at radius 3 is 2.74 bits per heavy atom. The summed E-state index contributed by atoms with van der Waals surface area (Å²) >= 11 is 7.85. The third-order valence-corrected chi connectivity index (χ3v) is 7.46. The van der Waals surface area contributed by atoms with E-state index in [1.165, 1.54) is 10.4 Å². The molecule has 0 aliphatic carbocycles. The van der Waals surface area contributed by atoms with Crippen molar-refractivity contribution < 1.29 is 0 Å². The van der Waals surface area contributed by atoms with Crippen LogP contribution in [0.5, 0.6) is 0 Å². The zero-order chi connectivity index (χ0) is 23.8. The Bertz CT molecular complexity index is 1520. The molecule has 0 atom stereocenters. The van der Waals surface area contributed by atoms with Crippen LogP contribution < -0.4 is 5.43 Å². The predicted molar refractivity (Wildman–Crippen MR) is 143 cm³/mol. The maximum Gasteiger partial charge on any atom is 0.158 e. The van der Waals surface area contributed by atoms with Crippen LogP contribution in [0.15, 0.2) is 72.2 Å². The largest absolute Gasteiger partial charge is 0.301 e. The van der Waals surface area contributed by atoms with Crippen LogP contribution in [0.25, 0.3) is 27.2 Å². The number of nitrogens with one attached hydrogen (secondary N) is 1. The number of benzene rings is 2. The molecule has 0 spiro atoms. The Hall–Kier alpha value is -3.59. The van der Waals surface area contributed by atoms with Crippen LogP contribution >= 0.6 is 22.9 Å². The Labute approximate surface area is 211 Å². The normalized spacial score (nSPS) is 14.0. The molecule has 6 rings (SSSR count). The minimum atomic E-state index is 0.686. The molecule has 0 saturated carbocycles. The maximum absolute atomic E-state index is 6.11. The fourth-order valence-electron chi connectivity index (χ4n) is 4.33. The fourth-order valence-corrected chi connectivity index (χ4v) is 5.72. The lowest BCUT2D eigenvalue weighted by molar-refractivity contribution is 0.318. The van der Waals surface area contributed by atoms with Crippen LogP contribution in [-0.2, 0) is 13.0 Å². The molecular formula is C26H22ClN7S. The fraction of sp³-hybridized carbons (Fsp3) is 0.154. The Morgan fingerprint density at radius 2 is 1.91 bits per heavy atom. The van der Waals surface area contributed by atoms with Gasteiger partial charge in [-0.25, -0.2) is 14.6 Å². The summed E-state index contributed by atoms with van der Waals surface area (Å²) < 4.78 is 1.86. The molecule has 3 aromatic heterocycles. The van der Waals surface area contributed by atoms with Gasteiger partial charge in [-0.05, 0) is 43.3 Å². The van der Waals surface area contributed by atoms with E-state index in [1.54, 1.807) is 23.9 Å². The Morgan fingerprint density at radius 1 is 1.09 bits per heavy atom. The third-order valence-electron chi connectivity index (χ3n) is 6.08. The van der Waals surface area contributed by atoms with Gasteiger partial charge in [-0.15, -0.1) is 11.3 Å². The number of fused-ring (bicyclic) bond motifs is 3. The molecular weight excluding hydrogens is 478 g/mol. The summed E-state index contributed by atoms with van der Waals surface area (Å²) in [5, 5.41) is 11.2. The van der Waals surface area contributed by atoms with Crippen molar-refractivity contribution in [2.75, 3.05) is 19.0 Å². The van der Waals surface area contributed by atoms with Crippen LogP contribution in [0, 0.1) is 0 Å². The van der Waals surface area contributed by atoms with Gasteiger partial charge in [0.1, 0.15) is 16.9 Å². The molecule has 1 aliphatic rings. The van der Waals surface area contributed by atoms with Crippen LogP contribution in [0.2, 0.25) is 5.02 Å². The Kier molecular flexibility index (Phi) is 5.77. The summed E-state index contributed by atoms with van der Waals surface area (Å²) in [4.78, 5) is 13.7. The molecule has 0 unspecified atom stereocenters. The zero-order valence-corrected chi connectivity index (χ0v) is 20.6. The minimum Gasteiger partial charge on any atom is -0.301 e. The van der Waals surface area contributed by atoms with Crippen molar-refractivity contribution in [3.63, 3.8) is 0 Å². The molecule has 0 radical (unpaired) electrons. The second-order valence-electron chi connectivity index (χ2n) is 8.48. The number of thiophene rings is 1. The number of halogens is 1. The molecule has 0 saturated heterocycles. The third kappa shape index (κ3) is 4.32.